The lowest BCUT2D eigenvalue weighted by atomic mass is 10.0. The van der Waals surface area contributed by atoms with Crippen LogP contribution in [0.25, 0.3) is 5.65 Å². The molecule has 0 fully saturated rings. The summed E-state index contributed by atoms with van der Waals surface area (Å²) in [5, 5.41) is 0. The first-order chi connectivity index (χ1) is 9.63. The molecule has 20 heavy (non-hydrogen) atoms. The fraction of sp³-hybridized carbons (Fsp3) is 0.200. The first-order valence-corrected chi connectivity index (χ1v) is 7.20. The van der Waals surface area contributed by atoms with E-state index in [4.69, 9.17) is 4.74 Å². The molecule has 0 aliphatic heterocycles. The molecule has 3 rings (SSSR count). The Balaban J connectivity index is 2.00. The second-order valence-corrected chi connectivity index (χ2v) is 5.67. The average Bonchev–Trinajstić information content (AvgIpc) is 2.87. The van der Waals surface area contributed by atoms with Crippen molar-refractivity contribution in [1.29, 1.82) is 0 Å². The van der Waals surface area contributed by atoms with E-state index in [1.54, 1.807) is 6.20 Å². The van der Waals surface area contributed by atoms with Gasteiger partial charge in [-0.3, -0.25) is 4.40 Å². The smallest absolute Gasteiger partial charge is 0.264 e. The molecule has 0 spiro atoms. The van der Waals surface area contributed by atoms with Crippen LogP contribution in [-0.4, -0.2) is 14.4 Å². The van der Waals surface area contributed by atoms with Crippen LogP contribution in [0.3, 0.4) is 0 Å². The van der Waals surface area contributed by atoms with Gasteiger partial charge in [-0.25, -0.2) is 9.97 Å². The van der Waals surface area contributed by atoms with Crippen LogP contribution in [-0.2, 0) is 0 Å². The van der Waals surface area contributed by atoms with Crippen molar-refractivity contribution in [2.45, 2.75) is 19.8 Å². The van der Waals surface area contributed by atoms with Crippen LogP contribution in [0.2, 0.25) is 0 Å². The lowest BCUT2D eigenvalue weighted by molar-refractivity contribution is 0.463. The number of nitrogens with zero attached hydrogens (tertiary/aromatic N) is 3. The van der Waals surface area contributed by atoms with E-state index in [1.807, 2.05) is 35.0 Å². The molecule has 5 heteroatoms. The third-order valence-electron chi connectivity index (χ3n) is 3.05. The van der Waals surface area contributed by atoms with Gasteiger partial charge in [0.2, 0.25) is 5.65 Å². The van der Waals surface area contributed by atoms with Gasteiger partial charge in [0.25, 0.3) is 5.88 Å². The van der Waals surface area contributed by atoms with Gasteiger partial charge in [0.05, 0.1) is 0 Å². The van der Waals surface area contributed by atoms with Gasteiger partial charge in [0.15, 0.2) is 0 Å². The Bertz CT molecular complexity index is 752. The van der Waals surface area contributed by atoms with Crippen molar-refractivity contribution in [3.63, 3.8) is 0 Å². The lowest BCUT2D eigenvalue weighted by Crippen LogP contribution is -1.95. The fourth-order valence-corrected chi connectivity index (χ4v) is 2.37. The Morgan fingerprint density at radius 1 is 1.30 bits per heavy atom. The molecule has 0 N–H and O–H groups in total. The van der Waals surface area contributed by atoms with Gasteiger partial charge in [-0.2, -0.15) is 0 Å². The maximum absolute atomic E-state index is 5.90. The van der Waals surface area contributed by atoms with E-state index in [-0.39, 0.29) is 0 Å². The summed E-state index contributed by atoms with van der Waals surface area (Å²) < 4.78 is 8.48. The van der Waals surface area contributed by atoms with Crippen LogP contribution in [0.1, 0.15) is 25.3 Å². The van der Waals surface area contributed by atoms with Crippen molar-refractivity contribution in [3.05, 3.63) is 53.0 Å². The summed E-state index contributed by atoms with van der Waals surface area (Å²) in [7, 11) is 0. The summed E-state index contributed by atoms with van der Waals surface area (Å²) in [5.41, 5.74) is 1.93. The van der Waals surface area contributed by atoms with Crippen LogP contribution in [0.4, 0.5) is 0 Å². The molecule has 0 aliphatic carbocycles. The highest BCUT2D eigenvalue weighted by molar-refractivity contribution is 9.10. The summed E-state index contributed by atoms with van der Waals surface area (Å²) >= 11 is 3.38. The third-order valence-corrected chi connectivity index (χ3v) is 3.44. The summed E-state index contributed by atoms with van der Waals surface area (Å²) in [6.45, 7) is 4.31. The molecule has 4 nitrogen and oxygen atoms in total. The van der Waals surface area contributed by atoms with E-state index >= 15 is 0 Å². The van der Waals surface area contributed by atoms with Gasteiger partial charge in [-0.1, -0.05) is 26.0 Å². The first kappa shape index (κ1) is 13.1. The normalized spacial score (nSPS) is 11.2. The number of benzene rings is 1. The number of rotatable bonds is 3. The number of imidazole rings is 1. The first-order valence-electron chi connectivity index (χ1n) is 6.40. The van der Waals surface area contributed by atoms with Crippen molar-refractivity contribution < 1.29 is 4.74 Å². The topological polar surface area (TPSA) is 39.4 Å². The number of halogens is 1. The maximum atomic E-state index is 5.90. The zero-order chi connectivity index (χ0) is 14.1. The highest BCUT2D eigenvalue weighted by Crippen LogP contribution is 2.27. The largest absolute Gasteiger partial charge is 0.436 e. The monoisotopic (exact) mass is 331 g/mol. The minimum absolute atomic E-state index is 0.459. The molecule has 3 aromatic rings. The van der Waals surface area contributed by atoms with E-state index < -0.39 is 0 Å². The minimum atomic E-state index is 0.459. The standard InChI is InChI=1S/C15H14BrN3O/c1-10(2)11-4-3-5-12(8-11)20-15-14-17-6-7-19(14)9-13(16)18-15/h3-10H,1-2H3. The molecule has 0 amide bonds. The molecule has 0 atom stereocenters. The van der Waals surface area contributed by atoms with Crippen molar-refractivity contribution in [2.24, 2.45) is 0 Å². The van der Waals surface area contributed by atoms with Gasteiger partial charge < -0.3 is 4.74 Å². The lowest BCUT2D eigenvalue weighted by Gasteiger charge is -2.10. The molecule has 0 aliphatic rings. The third kappa shape index (κ3) is 2.54. The van der Waals surface area contributed by atoms with Crippen LogP contribution >= 0.6 is 15.9 Å². The molecule has 102 valence electrons. The summed E-state index contributed by atoms with van der Waals surface area (Å²) in [4.78, 5) is 8.62. The maximum Gasteiger partial charge on any atom is 0.264 e. The van der Waals surface area contributed by atoms with Gasteiger partial charge in [0.1, 0.15) is 10.4 Å². The molecule has 0 saturated heterocycles. The predicted octanol–water partition coefficient (Wildman–Crippen LogP) is 4.41. The Kier molecular flexibility index (Phi) is 3.44. The van der Waals surface area contributed by atoms with Crippen molar-refractivity contribution in [3.8, 4) is 11.6 Å². The molecule has 0 radical (unpaired) electrons. The molecular weight excluding hydrogens is 318 g/mol. The Labute approximate surface area is 125 Å². The van der Waals surface area contributed by atoms with Gasteiger partial charge in [0, 0.05) is 18.6 Å². The predicted molar refractivity (Wildman–Crippen MR) is 81.3 cm³/mol. The zero-order valence-corrected chi connectivity index (χ0v) is 12.8. The van der Waals surface area contributed by atoms with Crippen LogP contribution in [0.5, 0.6) is 11.6 Å². The quantitative estimate of drug-likeness (QED) is 0.713. The Morgan fingerprint density at radius 3 is 2.95 bits per heavy atom. The fourth-order valence-electron chi connectivity index (χ4n) is 1.99. The van der Waals surface area contributed by atoms with E-state index in [2.05, 4.69) is 45.8 Å². The Hall–Kier alpha value is -1.88. The molecule has 0 saturated carbocycles. The summed E-state index contributed by atoms with van der Waals surface area (Å²) in [6, 6.07) is 8.04. The van der Waals surface area contributed by atoms with Crippen LogP contribution in [0.15, 0.2) is 47.5 Å². The van der Waals surface area contributed by atoms with Gasteiger partial charge >= 0.3 is 0 Å². The molecule has 1 aromatic carbocycles. The molecule has 0 bridgehead atoms. The highest BCUT2D eigenvalue weighted by Gasteiger charge is 2.09. The van der Waals surface area contributed by atoms with Crippen molar-refractivity contribution in [2.75, 3.05) is 0 Å². The summed E-state index contributed by atoms with van der Waals surface area (Å²) in [5.74, 6) is 1.72. The SMILES string of the molecule is CC(C)c1cccc(Oc2nc(Br)cn3ccnc23)c1. The number of hydrogen-bond donors (Lipinski definition) is 0. The number of hydrogen-bond acceptors (Lipinski definition) is 3. The zero-order valence-electron chi connectivity index (χ0n) is 11.2. The number of aromatic nitrogens is 3. The molecule has 0 unspecified atom stereocenters. The van der Waals surface area contributed by atoms with E-state index in [1.165, 1.54) is 5.56 Å². The van der Waals surface area contributed by atoms with E-state index in [0.717, 1.165) is 5.75 Å². The van der Waals surface area contributed by atoms with Crippen LogP contribution < -0.4 is 4.74 Å². The van der Waals surface area contributed by atoms with Crippen molar-refractivity contribution in [1.82, 2.24) is 14.4 Å². The average molecular weight is 332 g/mol. The minimum Gasteiger partial charge on any atom is -0.436 e. The molecule has 2 aromatic heterocycles. The van der Waals surface area contributed by atoms with Gasteiger partial charge in [-0.15, -0.1) is 0 Å². The van der Waals surface area contributed by atoms with Crippen LogP contribution in [0, 0.1) is 0 Å². The second kappa shape index (κ2) is 5.25. The number of ether oxygens (including phenoxy) is 1. The Morgan fingerprint density at radius 2 is 2.15 bits per heavy atom. The molecular formula is C15H14BrN3O. The number of fused-ring (bicyclic) bond motifs is 1. The van der Waals surface area contributed by atoms with Crippen molar-refractivity contribution >= 4 is 21.6 Å². The van der Waals surface area contributed by atoms with Gasteiger partial charge in [-0.05, 0) is 39.5 Å². The summed E-state index contributed by atoms with van der Waals surface area (Å²) in [6.07, 6.45) is 5.43. The van der Waals surface area contributed by atoms with E-state index in [0.29, 0.717) is 22.0 Å². The highest BCUT2D eigenvalue weighted by atomic mass is 79.9. The second-order valence-electron chi connectivity index (χ2n) is 4.86. The van der Waals surface area contributed by atoms with E-state index in [9.17, 15) is 0 Å². The molecule has 2 heterocycles.